The van der Waals surface area contributed by atoms with E-state index in [1.807, 2.05) is 6.07 Å². The molecule has 3 heterocycles. The summed E-state index contributed by atoms with van der Waals surface area (Å²) in [5, 5.41) is 0. The van der Waals surface area contributed by atoms with Crippen LogP contribution in [0.3, 0.4) is 0 Å². The van der Waals surface area contributed by atoms with E-state index < -0.39 is 0 Å². The first-order valence-electron chi connectivity index (χ1n) is 8.53. The number of rotatable bonds is 3. The Hall–Kier alpha value is -2.79. The molecule has 4 rings (SSSR count). The Morgan fingerprint density at radius 2 is 1.72 bits per heavy atom. The smallest absolute Gasteiger partial charge is 0.131 e. The summed E-state index contributed by atoms with van der Waals surface area (Å²) < 4.78 is 5.17. The zero-order valence-corrected chi connectivity index (χ0v) is 14.4. The molecule has 0 unspecified atom stereocenters. The molecule has 0 aliphatic carbocycles. The molecule has 0 radical (unpaired) electrons. The van der Waals surface area contributed by atoms with E-state index in [0.29, 0.717) is 5.82 Å². The number of pyridine rings is 1. The van der Waals surface area contributed by atoms with Crippen LogP contribution in [-0.4, -0.2) is 43.1 Å². The molecule has 1 fully saturated rings. The van der Waals surface area contributed by atoms with Crippen molar-refractivity contribution in [2.24, 2.45) is 0 Å². The number of nitrogen functional groups attached to an aromatic ring is 1. The minimum absolute atomic E-state index is 0.541. The number of benzene rings is 1. The molecule has 0 bridgehead atoms. The van der Waals surface area contributed by atoms with Crippen LogP contribution in [0.1, 0.15) is 0 Å². The number of hydrogen-bond donors (Lipinski definition) is 1. The standard InChI is InChI=1S/C20H22N4O/c1-23-7-9-24(10-8-23)18-4-2-15(3-5-18)19-12-17(13-22-20(19)21)16-6-11-25-14-16/h2-6,11-14H,7-10H2,1H3,(H2,21,22). The predicted molar refractivity (Wildman–Crippen MR) is 101 cm³/mol. The van der Waals surface area contributed by atoms with Crippen LogP contribution < -0.4 is 10.6 Å². The Labute approximate surface area is 147 Å². The van der Waals surface area contributed by atoms with Crippen molar-refractivity contribution in [1.29, 1.82) is 0 Å². The highest BCUT2D eigenvalue weighted by molar-refractivity contribution is 5.79. The van der Waals surface area contributed by atoms with Crippen molar-refractivity contribution in [1.82, 2.24) is 9.88 Å². The van der Waals surface area contributed by atoms with Gasteiger partial charge in [0.25, 0.3) is 0 Å². The summed E-state index contributed by atoms with van der Waals surface area (Å²) in [7, 11) is 2.17. The number of anilines is 2. The van der Waals surface area contributed by atoms with Gasteiger partial charge >= 0.3 is 0 Å². The third kappa shape index (κ3) is 3.23. The third-order valence-electron chi connectivity index (χ3n) is 4.82. The van der Waals surface area contributed by atoms with Gasteiger partial charge in [0.05, 0.1) is 12.5 Å². The number of piperazine rings is 1. The van der Waals surface area contributed by atoms with E-state index in [4.69, 9.17) is 10.2 Å². The van der Waals surface area contributed by atoms with Gasteiger partial charge < -0.3 is 20.0 Å². The molecule has 1 aliphatic rings. The van der Waals surface area contributed by atoms with Gasteiger partial charge in [-0.05, 0) is 36.9 Å². The molecule has 5 nitrogen and oxygen atoms in total. The fourth-order valence-corrected chi connectivity index (χ4v) is 3.21. The van der Waals surface area contributed by atoms with Crippen molar-refractivity contribution >= 4 is 11.5 Å². The van der Waals surface area contributed by atoms with Crippen LogP contribution in [-0.2, 0) is 0 Å². The zero-order valence-electron chi connectivity index (χ0n) is 14.4. The van der Waals surface area contributed by atoms with Crippen LogP contribution in [0.15, 0.2) is 59.5 Å². The highest BCUT2D eigenvalue weighted by Gasteiger charge is 2.14. The minimum Gasteiger partial charge on any atom is -0.472 e. The molecule has 5 heteroatoms. The summed E-state index contributed by atoms with van der Waals surface area (Å²) in [5.74, 6) is 0.541. The molecular formula is C20H22N4O. The third-order valence-corrected chi connectivity index (χ3v) is 4.82. The van der Waals surface area contributed by atoms with Gasteiger partial charge in [-0.25, -0.2) is 4.98 Å². The van der Waals surface area contributed by atoms with Crippen LogP contribution in [0.2, 0.25) is 0 Å². The molecule has 0 saturated carbocycles. The molecule has 1 aromatic carbocycles. The van der Waals surface area contributed by atoms with Crippen LogP contribution in [0.25, 0.3) is 22.3 Å². The van der Waals surface area contributed by atoms with E-state index in [-0.39, 0.29) is 0 Å². The van der Waals surface area contributed by atoms with Crippen molar-refractivity contribution in [2.75, 3.05) is 43.9 Å². The summed E-state index contributed by atoms with van der Waals surface area (Å²) in [6.07, 6.45) is 5.16. The van der Waals surface area contributed by atoms with E-state index in [1.165, 1.54) is 5.69 Å². The van der Waals surface area contributed by atoms with Crippen LogP contribution in [0.5, 0.6) is 0 Å². The molecule has 0 spiro atoms. The quantitative estimate of drug-likeness (QED) is 0.796. The molecule has 0 atom stereocenters. The normalized spacial score (nSPS) is 15.5. The molecule has 1 aliphatic heterocycles. The second kappa shape index (κ2) is 6.61. The van der Waals surface area contributed by atoms with Crippen molar-refractivity contribution in [3.05, 3.63) is 55.1 Å². The number of aromatic nitrogens is 1. The van der Waals surface area contributed by atoms with Crippen LogP contribution in [0.4, 0.5) is 11.5 Å². The highest BCUT2D eigenvalue weighted by Crippen LogP contribution is 2.31. The Morgan fingerprint density at radius 3 is 2.40 bits per heavy atom. The van der Waals surface area contributed by atoms with Gasteiger partial charge in [-0.2, -0.15) is 0 Å². The lowest BCUT2D eigenvalue weighted by Gasteiger charge is -2.34. The monoisotopic (exact) mass is 334 g/mol. The predicted octanol–water partition coefficient (Wildman–Crippen LogP) is 3.34. The maximum absolute atomic E-state index is 6.12. The average molecular weight is 334 g/mol. The van der Waals surface area contributed by atoms with Crippen LogP contribution >= 0.6 is 0 Å². The molecule has 0 amide bonds. The first-order valence-corrected chi connectivity index (χ1v) is 8.53. The number of hydrogen-bond acceptors (Lipinski definition) is 5. The zero-order chi connectivity index (χ0) is 17.2. The number of nitrogens with zero attached hydrogens (tertiary/aromatic N) is 3. The van der Waals surface area contributed by atoms with E-state index in [1.54, 1.807) is 18.7 Å². The fraction of sp³-hybridized carbons (Fsp3) is 0.250. The van der Waals surface area contributed by atoms with Gasteiger partial charge in [0.2, 0.25) is 0 Å². The summed E-state index contributed by atoms with van der Waals surface area (Å²) in [4.78, 5) is 9.14. The summed E-state index contributed by atoms with van der Waals surface area (Å²) in [5.41, 5.74) is 11.4. The molecule has 2 aromatic heterocycles. The maximum Gasteiger partial charge on any atom is 0.131 e. The number of likely N-dealkylation sites (N-methyl/N-ethyl adjacent to an activating group) is 1. The Balaban J connectivity index is 1.61. The van der Waals surface area contributed by atoms with Crippen LogP contribution in [0, 0.1) is 0 Å². The maximum atomic E-state index is 6.12. The van der Waals surface area contributed by atoms with Crippen molar-refractivity contribution in [2.45, 2.75) is 0 Å². The fourth-order valence-electron chi connectivity index (χ4n) is 3.21. The molecule has 1 saturated heterocycles. The molecule has 3 aromatic rings. The molecule has 128 valence electrons. The Bertz CT molecular complexity index is 835. The minimum atomic E-state index is 0.541. The SMILES string of the molecule is CN1CCN(c2ccc(-c3cc(-c4ccoc4)cnc3N)cc2)CC1. The van der Waals surface area contributed by atoms with E-state index >= 15 is 0 Å². The summed E-state index contributed by atoms with van der Waals surface area (Å²) in [6, 6.07) is 12.6. The largest absolute Gasteiger partial charge is 0.472 e. The molecular weight excluding hydrogens is 312 g/mol. The second-order valence-corrected chi connectivity index (χ2v) is 6.51. The van der Waals surface area contributed by atoms with Gasteiger partial charge in [-0.3, -0.25) is 0 Å². The lowest BCUT2D eigenvalue weighted by Crippen LogP contribution is -2.44. The van der Waals surface area contributed by atoms with E-state index in [0.717, 1.165) is 48.4 Å². The first kappa shape index (κ1) is 15.7. The number of nitrogens with two attached hydrogens (primary N) is 1. The van der Waals surface area contributed by atoms with Crippen molar-refractivity contribution in [3.63, 3.8) is 0 Å². The van der Waals surface area contributed by atoms with Gasteiger partial charge in [0.1, 0.15) is 5.82 Å². The molecule has 25 heavy (non-hydrogen) atoms. The average Bonchev–Trinajstić information content (AvgIpc) is 3.18. The lowest BCUT2D eigenvalue weighted by molar-refractivity contribution is 0.313. The Morgan fingerprint density at radius 1 is 0.960 bits per heavy atom. The van der Waals surface area contributed by atoms with E-state index in [9.17, 15) is 0 Å². The second-order valence-electron chi connectivity index (χ2n) is 6.51. The van der Waals surface area contributed by atoms with Gasteiger partial charge in [0, 0.05) is 54.8 Å². The van der Waals surface area contributed by atoms with E-state index in [2.05, 4.69) is 52.2 Å². The highest BCUT2D eigenvalue weighted by atomic mass is 16.3. The van der Waals surface area contributed by atoms with Crippen molar-refractivity contribution < 1.29 is 4.42 Å². The Kier molecular flexibility index (Phi) is 4.15. The van der Waals surface area contributed by atoms with Gasteiger partial charge in [0.15, 0.2) is 0 Å². The number of furan rings is 1. The van der Waals surface area contributed by atoms with Gasteiger partial charge in [-0.1, -0.05) is 12.1 Å². The van der Waals surface area contributed by atoms with Crippen molar-refractivity contribution in [3.8, 4) is 22.3 Å². The lowest BCUT2D eigenvalue weighted by atomic mass is 10.0. The first-order chi connectivity index (χ1) is 12.2. The summed E-state index contributed by atoms with van der Waals surface area (Å²) >= 11 is 0. The molecule has 2 N–H and O–H groups in total. The van der Waals surface area contributed by atoms with Gasteiger partial charge in [-0.15, -0.1) is 0 Å². The summed E-state index contributed by atoms with van der Waals surface area (Å²) in [6.45, 7) is 4.34. The topological polar surface area (TPSA) is 58.5 Å².